The number of halogens is 3. The molecular formula is C24H20F3N7O4. The predicted octanol–water partition coefficient (Wildman–Crippen LogP) is 3.03. The monoisotopic (exact) mass is 527 g/mol. The highest BCUT2D eigenvalue weighted by Crippen LogP contribution is 2.37. The second-order valence-electron chi connectivity index (χ2n) is 8.94. The van der Waals surface area contributed by atoms with Crippen LogP contribution in [0.3, 0.4) is 0 Å². The lowest BCUT2D eigenvalue weighted by Gasteiger charge is -2.22. The summed E-state index contributed by atoms with van der Waals surface area (Å²) in [7, 11) is 0. The van der Waals surface area contributed by atoms with Gasteiger partial charge in [-0.05, 0) is 50.2 Å². The molecule has 0 spiro atoms. The SMILES string of the molecule is Nc1ncc(-c2cnn(C3CCNCC3)c2)c2cc(-c3ccc4c(c3)c(=O)[nH]n4OC(=O)C(F)(F)F)oc12. The number of rotatable bonds is 4. The largest absolute Gasteiger partial charge is 0.493 e. The Balaban J connectivity index is 1.38. The van der Waals surface area contributed by atoms with E-state index in [2.05, 4.69) is 25.3 Å². The van der Waals surface area contributed by atoms with Crippen molar-refractivity contribution in [2.24, 2.45) is 0 Å². The topological polar surface area (TPSA) is 146 Å². The minimum Gasteiger partial charge on any atom is -0.452 e. The molecule has 196 valence electrons. The maximum atomic E-state index is 12.6. The summed E-state index contributed by atoms with van der Waals surface area (Å²) in [6.07, 6.45) is 2.10. The lowest BCUT2D eigenvalue weighted by molar-refractivity contribution is -0.200. The number of aromatic nitrogens is 5. The third-order valence-electron chi connectivity index (χ3n) is 6.54. The molecule has 1 aliphatic rings. The average molecular weight is 527 g/mol. The Morgan fingerprint density at radius 3 is 2.68 bits per heavy atom. The summed E-state index contributed by atoms with van der Waals surface area (Å²) in [5, 5.41) is 10.6. The van der Waals surface area contributed by atoms with Gasteiger partial charge in [-0.2, -0.15) is 18.3 Å². The van der Waals surface area contributed by atoms with Gasteiger partial charge >= 0.3 is 12.1 Å². The van der Waals surface area contributed by atoms with Gasteiger partial charge in [-0.25, -0.2) is 14.9 Å². The van der Waals surface area contributed by atoms with Crippen LogP contribution in [0.25, 0.3) is 44.3 Å². The molecule has 0 bridgehead atoms. The van der Waals surface area contributed by atoms with Crippen molar-refractivity contribution in [1.82, 2.24) is 30.0 Å². The van der Waals surface area contributed by atoms with E-state index in [0.29, 0.717) is 33.2 Å². The second kappa shape index (κ2) is 8.76. The highest BCUT2D eigenvalue weighted by atomic mass is 19.4. The van der Waals surface area contributed by atoms with Gasteiger partial charge < -0.3 is 20.3 Å². The Kier molecular flexibility index (Phi) is 5.48. The first-order valence-corrected chi connectivity index (χ1v) is 11.7. The van der Waals surface area contributed by atoms with Crippen LogP contribution in [-0.2, 0) is 4.79 Å². The molecular weight excluding hydrogens is 507 g/mol. The standard InChI is InChI=1S/C24H20F3N7O4/c25-24(26,27)23(36)38-34-18-2-1-12(7-16(18)22(35)32-34)19-8-15-17(10-30-21(28)20(15)37-19)13-9-31-33(11-13)14-3-5-29-6-4-14/h1-2,7-11,14,29H,3-6H2,(H2,28,30)(H,32,35). The van der Waals surface area contributed by atoms with Gasteiger partial charge in [-0.1, -0.05) is 0 Å². The van der Waals surface area contributed by atoms with E-state index in [-0.39, 0.29) is 16.7 Å². The molecule has 0 aliphatic carbocycles. The molecule has 0 amide bonds. The zero-order valence-electron chi connectivity index (χ0n) is 19.6. The number of fused-ring (bicyclic) bond motifs is 2. The Hall–Kier alpha value is -4.59. The molecule has 5 aromatic rings. The van der Waals surface area contributed by atoms with E-state index in [4.69, 9.17) is 10.2 Å². The lowest BCUT2D eigenvalue weighted by Crippen LogP contribution is -2.34. The van der Waals surface area contributed by atoms with Crippen LogP contribution >= 0.6 is 0 Å². The highest BCUT2D eigenvalue weighted by molar-refractivity contribution is 6.00. The molecule has 0 radical (unpaired) electrons. The van der Waals surface area contributed by atoms with E-state index in [1.807, 2.05) is 10.9 Å². The van der Waals surface area contributed by atoms with Crippen LogP contribution < -0.4 is 21.4 Å². The summed E-state index contributed by atoms with van der Waals surface area (Å²) in [6.45, 7) is 1.86. The number of hydrogen-bond donors (Lipinski definition) is 3. The number of benzene rings is 1. The van der Waals surface area contributed by atoms with Crippen molar-refractivity contribution in [1.29, 1.82) is 0 Å². The number of piperidine rings is 1. The molecule has 0 atom stereocenters. The molecule has 1 aromatic carbocycles. The number of H-pyrrole nitrogens is 1. The Morgan fingerprint density at radius 1 is 1.13 bits per heavy atom. The van der Waals surface area contributed by atoms with E-state index in [1.54, 1.807) is 18.5 Å². The summed E-state index contributed by atoms with van der Waals surface area (Å²) in [4.78, 5) is 32.5. The first kappa shape index (κ1) is 23.8. The maximum absolute atomic E-state index is 12.6. The van der Waals surface area contributed by atoms with E-state index in [1.165, 1.54) is 18.2 Å². The van der Waals surface area contributed by atoms with E-state index < -0.39 is 17.7 Å². The lowest BCUT2D eigenvalue weighted by atomic mass is 10.1. The van der Waals surface area contributed by atoms with Crippen molar-refractivity contribution in [3.8, 4) is 22.5 Å². The molecule has 14 heteroatoms. The quantitative estimate of drug-likeness (QED) is 0.323. The summed E-state index contributed by atoms with van der Waals surface area (Å²) >= 11 is 0. The first-order chi connectivity index (χ1) is 18.2. The minimum absolute atomic E-state index is 0.00695. The van der Waals surface area contributed by atoms with Crippen LogP contribution in [0.1, 0.15) is 18.9 Å². The molecule has 11 nitrogen and oxygen atoms in total. The number of hydrogen-bond acceptors (Lipinski definition) is 8. The van der Waals surface area contributed by atoms with Gasteiger partial charge in [0.2, 0.25) is 0 Å². The first-order valence-electron chi connectivity index (χ1n) is 11.7. The molecule has 0 saturated carbocycles. The molecule has 4 N–H and O–H groups in total. The number of carbonyl (C=O) groups excluding carboxylic acids is 1. The number of furan rings is 1. The number of anilines is 1. The number of nitrogens with zero attached hydrogens (tertiary/aromatic N) is 4. The van der Waals surface area contributed by atoms with Crippen LogP contribution in [0.2, 0.25) is 0 Å². The fourth-order valence-electron chi connectivity index (χ4n) is 4.63. The number of nitrogens with two attached hydrogens (primary N) is 1. The molecule has 1 aliphatic heterocycles. The third-order valence-corrected chi connectivity index (χ3v) is 6.54. The molecule has 1 saturated heterocycles. The Labute approximate surface area is 210 Å². The maximum Gasteiger partial charge on any atom is 0.493 e. The summed E-state index contributed by atoms with van der Waals surface area (Å²) < 4.78 is 45.7. The van der Waals surface area contributed by atoms with Gasteiger partial charge in [0.1, 0.15) is 11.3 Å². The molecule has 0 unspecified atom stereocenters. The Morgan fingerprint density at radius 2 is 1.92 bits per heavy atom. The number of pyridine rings is 1. The van der Waals surface area contributed by atoms with Crippen molar-refractivity contribution in [2.75, 3.05) is 18.8 Å². The minimum atomic E-state index is -5.22. The van der Waals surface area contributed by atoms with Crippen molar-refractivity contribution < 1.29 is 27.2 Å². The normalized spacial score (nSPS) is 14.9. The number of alkyl halides is 3. The predicted molar refractivity (Wildman–Crippen MR) is 130 cm³/mol. The van der Waals surface area contributed by atoms with Crippen molar-refractivity contribution in [2.45, 2.75) is 25.1 Å². The molecule has 5 heterocycles. The fraction of sp³-hybridized carbons (Fsp3) is 0.250. The van der Waals surface area contributed by atoms with Crippen LogP contribution in [0.5, 0.6) is 0 Å². The number of nitrogen functional groups attached to an aromatic ring is 1. The van der Waals surface area contributed by atoms with Gasteiger partial charge in [0.05, 0.1) is 17.6 Å². The fourth-order valence-corrected chi connectivity index (χ4v) is 4.63. The molecule has 1 fully saturated rings. The van der Waals surface area contributed by atoms with Crippen molar-refractivity contribution >= 4 is 33.7 Å². The zero-order valence-corrected chi connectivity index (χ0v) is 19.6. The van der Waals surface area contributed by atoms with Crippen molar-refractivity contribution in [3.05, 3.63) is 53.2 Å². The van der Waals surface area contributed by atoms with E-state index in [0.717, 1.165) is 37.1 Å². The van der Waals surface area contributed by atoms with Gasteiger partial charge in [0, 0.05) is 34.5 Å². The van der Waals surface area contributed by atoms with Crippen molar-refractivity contribution in [3.63, 3.8) is 0 Å². The summed E-state index contributed by atoms with van der Waals surface area (Å²) in [6, 6.07) is 6.33. The summed E-state index contributed by atoms with van der Waals surface area (Å²) in [5.41, 5.74) is 7.67. The third kappa shape index (κ3) is 4.08. The van der Waals surface area contributed by atoms with Gasteiger partial charge in [0.25, 0.3) is 5.56 Å². The molecule has 6 rings (SSSR count). The second-order valence-corrected chi connectivity index (χ2v) is 8.94. The highest BCUT2D eigenvalue weighted by Gasteiger charge is 2.42. The van der Waals surface area contributed by atoms with Crippen LogP contribution in [-0.4, -0.2) is 49.9 Å². The number of carbonyl (C=O) groups is 1. The van der Waals surface area contributed by atoms with Gasteiger partial charge in [-0.15, -0.1) is 4.85 Å². The number of nitrogens with one attached hydrogen (secondary N) is 2. The van der Waals surface area contributed by atoms with Crippen LogP contribution in [0.4, 0.5) is 19.0 Å². The van der Waals surface area contributed by atoms with Crippen LogP contribution in [0, 0.1) is 0 Å². The average Bonchev–Trinajstić information content (AvgIpc) is 3.63. The Bertz CT molecular complexity index is 1740. The smallest absolute Gasteiger partial charge is 0.452 e. The van der Waals surface area contributed by atoms with E-state index in [9.17, 15) is 22.8 Å². The summed E-state index contributed by atoms with van der Waals surface area (Å²) in [5.74, 6) is -1.94. The van der Waals surface area contributed by atoms with E-state index >= 15 is 0 Å². The molecule has 38 heavy (non-hydrogen) atoms. The molecule has 4 aromatic heterocycles. The number of aromatic amines is 1. The van der Waals surface area contributed by atoms with Crippen LogP contribution in [0.15, 0.2) is 52.1 Å². The van der Waals surface area contributed by atoms with Gasteiger partial charge in [0.15, 0.2) is 11.4 Å². The van der Waals surface area contributed by atoms with Gasteiger partial charge in [-0.3, -0.25) is 9.48 Å². The zero-order chi connectivity index (χ0) is 26.6.